The predicted octanol–water partition coefficient (Wildman–Crippen LogP) is 3.01. The SMILES string of the molecule is COc1ccc(/N=C2/NC(=O)/C(=C/c3cnc(NC(C)=O)s3)S2)c(OC)c1. The van der Waals surface area contributed by atoms with E-state index in [1.165, 1.54) is 30.0 Å². The summed E-state index contributed by atoms with van der Waals surface area (Å²) in [6.45, 7) is 1.41. The minimum absolute atomic E-state index is 0.195. The molecule has 0 unspecified atom stereocenters. The topological polar surface area (TPSA) is 102 Å². The monoisotopic (exact) mass is 404 g/mol. The van der Waals surface area contributed by atoms with Crippen LogP contribution in [0.25, 0.3) is 6.08 Å². The highest BCUT2D eigenvalue weighted by molar-refractivity contribution is 8.18. The van der Waals surface area contributed by atoms with Crippen LogP contribution >= 0.6 is 23.1 Å². The molecule has 0 spiro atoms. The Morgan fingerprint density at radius 2 is 2.15 bits per heavy atom. The third-order valence-corrected chi connectivity index (χ3v) is 5.11. The molecular weight excluding hydrogens is 388 g/mol. The molecule has 2 N–H and O–H groups in total. The number of aliphatic imine (C=N–C) groups is 1. The van der Waals surface area contributed by atoms with Crippen LogP contribution in [0, 0.1) is 0 Å². The number of amidine groups is 1. The number of rotatable bonds is 5. The lowest BCUT2D eigenvalue weighted by Gasteiger charge is -2.07. The van der Waals surface area contributed by atoms with E-state index in [-0.39, 0.29) is 11.8 Å². The number of aromatic nitrogens is 1. The maximum absolute atomic E-state index is 12.2. The van der Waals surface area contributed by atoms with Gasteiger partial charge in [-0.1, -0.05) is 11.3 Å². The van der Waals surface area contributed by atoms with Crippen LogP contribution in [0.2, 0.25) is 0 Å². The zero-order valence-corrected chi connectivity index (χ0v) is 16.4. The Morgan fingerprint density at radius 3 is 2.85 bits per heavy atom. The highest BCUT2D eigenvalue weighted by atomic mass is 32.2. The molecule has 1 fully saturated rings. The molecule has 0 aliphatic carbocycles. The van der Waals surface area contributed by atoms with Crippen LogP contribution < -0.4 is 20.1 Å². The Balaban J connectivity index is 1.80. The fourth-order valence-electron chi connectivity index (χ4n) is 2.16. The second-order valence-electron chi connectivity index (χ2n) is 5.27. The van der Waals surface area contributed by atoms with E-state index in [1.54, 1.807) is 44.7 Å². The van der Waals surface area contributed by atoms with Gasteiger partial charge in [0.15, 0.2) is 10.3 Å². The number of nitrogens with one attached hydrogen (secondary N) is 2. The summed E-state index contributed by atoms with van der Waals surface area (Å²) in [6, 6.07) is 5.24. The standard InChI is InChI=1S/C17H16N4O4S2/c1-9(22)19-16-18-8-11(26-16)7-14-15(23)21-17(27-14)20-12-5-4-10(24-2)6-13(12)25-3/h4-8H,1-3H3,(H,18,19,22)(H,20,21,23)/b14-7-. The van der Waals surface area contributed by atoms with Gasteiger partial charge in [-0.2, -0.15) is 0 Å². The van der Waals surface area contributed by atoms with Crippen LogP contribution in [0.4, 0.5) is 10.8 Å². The molecule has 1 aromatic heterocycles. The summed E-state index contributed by atoms with van der Waals surface area (Å²) in [5.41, 5.74) is 0.577. The first-order valence-electron chi connectivity index (χ1n) is 7.73. The molecule has 0 atom stereocenters. The van der Waals surface area contributed by atoms with E-state index in [0.717, 1.165) is 4.88 Å². The van der Waals surface area contributed by atoms with Gasteiger partial charge in [0.25, 0.3) is 5.91 Å². The van der Waals surface area contributed by atoms with Gasteiger partial charge in [0.05, 0.1) is 24.0 Å². The zero-order chi connectivity index (χ0) is 19.4. The average Bonchev–Trinajstić information content (AvgIpc) is 3.21. The number of carbonyl (C=O) groups is 2. The number of hydrogen-bond acceptors (Lipinski definition) is 8. The highest BCUT2D eigenvalue weighted by Gasteiger charge is 2.24. The van der Waals surface area contributed by atoms with Crippen LogP contribution in [0.15, 0.2) is 34.3 Å². The molecule has 1 aromatic carbocycles. The van der Waals surface area contributed by atoms with Gasteiger partial charge in [0, 0.05) is 19.2 Å². The molecule has 2 heterocycles. The van der Waals surface area contributed by atoms with Gasteiger partial charge in [-0.05, 0) is 30.0 Å². The summed E-state index contributed by atoms with van der Waals surface area (Å²) < 4.78 is 10.5. The zero-order valence-electron chi connectivity index (χ0n) is 14.7. The van der Waals surface area contributed by atoms with Crippen LogP contribution in [-0.2, 0) is 9.59 Å². The van der Waals surface area contributed by atoms with Gasteiger partial charge in [-0.25, -0.2) is 9.98 Å². The number of nitrogens with zero attached hydrogens (tertiary/aromatic N) is 2. The quantitative estimate of drug-likeness (QED) is 0.743. The summed E-state index contributed by atoms with van der Waals surface area (Å²) >= 11 is 2.49. The van der Waals surface area contributed by atoms with Crippen LogP contribution in [0.5, 0.6) is 11.5 Å². The summed E-state index contributed by atoms with van der Waals surface area (Å²) in [5, 5.41) is 6.26. The predicted molar refractivity (Wildman–Crippen MR) is 107 cm³/mol. The third kappa shape index (κ3) is 4.66. The molecule has 27 heavy (non-hydrogen) atoms. The lowest BCUT2D eigenvalue weighted by atomic mass is 10.3. The largest absolute Gasteiger partial charge is 0.497 e. The van der Waals surface area contributed by atoms with Crippen molar-refractivity contribution in [1.29, 1.82) is 0 Å². The number of ether oxygens (including phenoxy) is 2. The molecular formula is C17H16N4O4S2. The summed E-state index contributed by atoms with van der Waals surface area (Å²) in [4.78, 5) is 33.0. The van der Waals surface area contributed by atoms with Gasteiger partial charge >= 0.3 is 0 Å². The molecule has 1 saturated heterocycles. The number of thioether (sulfide) groups is 1. The highest BCUT2D eigenvalue weighted by Crippen LogP contribution is 2.35. The smallest absolute Gasteiger partial charge is 0.264 e. The van der Waals surface area contributed by atoms with Crippen molar-refractivity contribution >= 4 is 57.0 Å². The number of amides is 2. The van der Waals surface area contributed by atoms with Crippen molar-refractivity contribution in [3.05, 3.63) is 34.2 Å². The number of benzene rings is 1. The van der Waals surface area contributed by atoms with Gasteiger partial charge in [-0.15, -0.1) is 0 Å². The molecule has 2 aromatic rings. The molecule has 3 rings (SSSR count). The number of carbonyl (C=O) groups excluding carboxylic acids is 2. The second-order valence-corrected chi connectivity index (χ2v) is 7.36. The number of methoxy groups -OCH3 is 2. The molecule has 2 amide bonds. The van der Waals surface area contributed by atoms with E-state index in [0.29, 0.717) is 32.4 Å². The number of thiazole rings is 1. The Labute approximate surface area is 163 Å². The van der Waals surface area contributed by atoms with E-state index in [2.05, 4.69) is 20.6 Å². The van der Waals surface area contributed by atoms with E-state index in [9.17, 15) is 9.59 Å². The first kappa shape index (κ1) is 18.9. The Morgan fingerprint density at radius 1 is 1.33 bits per heavy atom. The van der Waals surface area contributed by atoms with Crippen molar-refractivity contribution in [2.45, 2.75) is 6.92 Å². The van der Waals surface area contributed by atoms with Crippen LogP contribution in [-0.4, -0.2) is 36.2 Å². The number of hydrogen-bond donors (Lipinski definition) is 2. The summed E-state index contributed by atoms with van der Waals surface area (Å²) in [7, 11) is 3.11. The molecule has 0 bridgehead atoms. The summed E-state index contributed by atoms with van der Waals surface area (Å²) in [5.74, 6) is 0.747. The normalized spacial score (nSPS) is 16.5. The summed E-state index contributed by atoms with van der Waals surface area (Å²) in [6.07, 6.45) is 3.30. The Bertz CT molecular complexity index is 952. The fourth-order valence-corrected chi connectivity index (χ4v) is 3.86. The Hall–Kier alpha value is -2.85. The van der Waals surface area contributed by atoms with Gasteiger partial charge < -0.3 is 20.1 Å². The van der Waals surface area contributed by atoms with Crippen LogP contribution in [0.3, 0.4) is 0 Å². The molecule has 1 aliphatic rings. The maximum atomic E-state index is 12.2. The van der Waals surface area contributed by atoms with Crippen molar-refractivity contribution in [3.63, 3.8) is 0 Å². The van der Waals surface area contributed by atoms with Gasteiger partial charge in [0.2, 0.25) is 5.91 Å². The van der Waals surface area contributed by atoms with Crippen molar-refractivity contribution < 1.29 is 19.1 Å². The van der Waals surface area contributed by atoms with Crippen molar-refractivity contribution in [2.75, 3.05) is 19.5 Å². The first-order valence-corrected chi connectivity index (χ1v) is 9.37. The maximum Gasteiger partial charge on any atom is 0.264 e. The van der Waals surface area contributed by atoms with E-state index < -0.39 is 0 Å². The molecule has 10 heteroatoms. The molecule has 1 aliphatic heterocycles. The fraction of sp³-hybridized carbons (Fsp3) is 0.176. The van der Waals surface area contributed by atoms with Gasteiger partial charge in [0.1, 0.15) is 17.2 Å². The Kier molecular flexibility index (Phi) is 5.77. The first-order chi connectivity index (χ1) is 13.0. The molecule has 140 valence electrons. The molecule has 0 radical (unpaired) electrons. The van der Waals surface area contributed by atoms with E-state index in [4.69, 9.17) is 9.47 Å². The number of anilines is 1. The minimum atomic E-state index is -0.249. The third-order valence-electron chi connectivity index (χ3n) is 3.34. The molecule has 0 saturated carbocycles. The minimum Gasteiger partial charge on any atom is -0.497 e. The molecule has 8 nitrogen and oxygen atoms in total. The van der Waals surface area contributed by atoms with Crippen molar-refractivity contribution in [2.24, 2.45) is 4.99 Å². The van der Waals surface area contributed by atoms with E-state index in [1.807, 2.05) is 0 Å². The van der Waals surface area contributed by atoms with Gasteiger partial charge in [-0.3, -0.25) is 9.59 Å². The van der Waals surface area contributed by atoms with Crippen molar-refractivity contribution in [1.82, 2.24) is 10.3 Å². The van der Waals surface area contributed by atoms with Crippen LogP contribution in [0.1, 0.15) is 11.8 Å². The average molecular weight is 404 g/mol. The lowest BCUT2D eigenvalue weighted by molar-refractivity contribution is -0.115. The van der Waals surface area contributed by atoms with Crippen molar-refractivity contribution in [3.8, 4) is 11.5 Å². The van der Waals surface area contributed by atoms with E-state index >= 15 is 0 Å². The second kappa shape index (κ2) is 8.23. The lowest BCUT2D eigenvalue weighted by Crippen LogP contribution is -2.19.